The van der Waals surface area contributed by atoms with Crippen LogP contribution in [0.25, 0.3) is 0 Å². The summed E-state index contributed by atoms with van der Waals surface area (Å²) in [5, 5.41) is 3.54. The molecule has 3 rings (SSSR count). The molecule has 0 amide bonds. The lowest BCUT2D eigenvalue weighted by atomic mass is 9.72. The fraction of sp³-hybridized carbons (Fsp3) is 1.00. The number of hydrogen-bond acceptors (Lipinski definition) is 2. The van der Waals surface area contributed by atoms with Crippen LogP contribution in [0.2, 0.25) is 0 Å². The second kappa shape index (κ2) is 3.82. The molecule has 0 aromatic heterocycles. The monoisotopic (exact) mass is 194 g/mol. The zero-order valence-corrected chi connectivity index (χ0v) is 9.04. The van der Waals surface area contributed by atoms with Crippen molar-refractivity contribution in [3.05, 3.63) is 0 Å². The number of nitrogens with one attached hydrogen (secondary N) is 1. The number of fused-ring (bicyclic) bond motifs is 2. The Labute approximate surface area is 87.0 Å². The van der Waals surface area contributed by atoms with Crippen LogP contribution in [0.3, 0.4) is 0 Å². The summed E-state index contributed by atoms with van der Waals surface area (Å²) >= 11 is 0. The van der Waals surface area contributed by atoms with Gasteiger partial charge < -0.3 is 5.32 Å². The minimum absolute atomic E-state index is 0.878. The van der Waals surface area contributed by atoms with Crippen LogP contribution in [0.1, 0.15) is 32.1 Å². The molecule has 0 unspecified atom stereocenters. The normalized spacial score (nSPS) is 44.1. The molecule has 3 atom stereocenters. The number of piperazine rings is 1. The summed E-state index contributed by atoms with van der Waals surface area (Å²) < 4.78 is 0. The van der Waals surface area contributed by atoms with Crippen molar-refractivity contribution in [1.29, 1.82) is 0 Å². The van der Waals surface area contributed by atoms with Gasteiger partial charge in [-0.05, 0) is 24.7 Å². The van der Waals surface area contributed by atoms with Gasteiger partial charge in [0.25, 0.3) is 0 Å². The standard InChI is InChI=1S/C12H22N2/c1-2-4-11-9-14-6-5-13-8-12(14)7-10(11)3-1/h10-13H,1-9H2/t10-,11+,12-/m0/s1. The van der Waals surface area contributed by atoms with E-state index in [2.05, 4.69) is 10.2 Å². The van der Waals surface area contributed by atoms with Crippen LogP contribution in [0.5, 0.6) is 0 Å². The van der Waals surface area contributed by atoms with Gasteiger partial charge in [-0.3, -0.25) is 4.90 Å². The van der Waals surface area contributed by atoms with E-state index in [0.29, 0.717) is 0 Å². The van der Waals surface area contributed by atoms with Gasteiger partial charge in [0.15, 0.2) is 0 Å². The summed E-state index contributed by atoms with van der Waals surface area (Å²) in [6.07, 6.45) is 7.52. The average Bonchev–Trinajstić information content (AvgIpc) is 2.26. The van der Waals surface area contributed by atoms with E-state index in [1.165, 1.54) is 58.3 Å². The number of hydrogen-bond donors (Lipinski definition) is 1. The molecule has 0 spiro atoms. The maximum atomic E-state index is 3.54. The molecule has 1 saturated carbocycles. The number of nitrogens with zero attached hydrogens (tertiary/aromatic N) is 1. The van der Waals surface area contributed by atoms with E-state index in [1.54, 1.807) is 0 Å². The molecule has 2 heterocycles. The first-order valence-corrected chi connectivity index (χ1v) is 6.38. The van der Waals surface area contributed by atoms with Gasteiger partial charge >= 0.3 is 0 Å². The highest BCUT2D eigenvalue weighted by Gasteiger charge is 2.37. The topological polar surface area (TPSA) is 15.3 Å². The Morgan fingerprint density at radius 3 is 2.86 bits per heavy atom. The van der Waals surface area contributed by atoms with Gasteiger partial charge in [-0.2, -0.15) is 0 Å². The van der Waals surface area contributed by atoms with Crippen molar-refractivity contribution in [3.63, 3.8) is 0 Å². The summed E-state index contributed by atoms with van der Waals surface area (Å²) in [5.74, 6) is 2.13. The first-order chi connectivity index (χ1) is 6.93. The summed E-state index contributed by atoms with van der Waals surface area (Å²) in [7, 11) is 0. The fourth-order valence-corrected chi connectivity index (χ4v) is 3.76. The molecule has 2 nitrogen and oxygen atoms in total. The van der Waals surface area contributed by atoms with Gasteiger partial charge in [0, 0.05) is 32.2 Å². The lowest BCUT2D eigenvalue weighted by molar-refractivity contribution is 0.0255. The second-order valence-corrected chi connectivity index (χ2v) is 5.39. The molecule has 1 aliphatic carbocycles. The van der Waals surface area contributed by atoms with E-state index in [1.807, 2.05) is 0 Å². The maximum Gasteiger partial charge on any atom is 0.0224 e. The molecule has 80 valence electrons. The third-order valence-electron chi connectivity index (χ3n) is 4.58. The Morgan fingerprint density at radius 2 is 1.93 bits per heavy atom. The highest BCUT2D eigenvalue weighted by Crippen LogP contribution is 2.38. The Balaban J connectivity index is 1.68. The van der Waals surface area contributed by atoms with E-state index in [9.17, 15) is 0 Å². The van der Waals surface area contributed by atoms with Crippen molar-refractivity contribution in [2.24, 2.45) is 11.8 Å². The predicted octanol–water partition coefficient (Wildman–Crippen LogP) is 1.47. The minimum Gasteiger partial charge on any atom is -0.314 e. The van der Waals surface area contributed by atoms with Gasteiger partial charge in [-0.25, -0.2) is 0 Å². The molecule has 0 bridgehead atoms. The Bertz CT molecular complexity index is 162. The van der Waals surface area contributed by atoms with Crippen LogP contribution < -0.4 is 5.32 Å². The Morgan fingerprint density at radius 1 is 1.07 bits per heavy atom. The van der Waals surface area contributed by atoms with Crippen LogP contribution in [-0.2, 0) is 0 Å². The van der Waals surface area contributed by atoms with Gasteiger partial charge in [0.1, 0.15) is 0 Å². The molecule has 3 aliphatic rings. The van der Waals surface area contributed by atoms with E-state index in [0.717, 1.165) is 17.9 Å². The van der Waals surface area contributed by atoms with Crippen LogP contribution in [0, 0.1) is 11.8 Å². The average molecular weight is 194 g/mol. The predicted molar refractivity (Wildman–Crippen MR) is 58.3 cm³/mol. The zero-order chi connectivity index (χ0) is 9.38. The van der Waals surface area contributed by atoms with E-state index < -0.39 is 0 Å². The van der Waals surface area contributed by atoms with Crippen LogP contribution in [-0.4, -0.2) is 37.1 Å². The first-order valence-electron chi connectivity index (χ1n) is 6.38. The highest BCUT2D eigenvalue weighted by atomic mass is 15.2. The van der Waals surface area contributed by atoms with Gasteiger partial charge in [-0.1, -0.05) is 19.3 Å². The second-order valence-electron chi connectivity index (χ2n) is 5.39. The lowest BCUT2D eigenvalue weighted by Gasteiger charge is -2.48. The molecule has 0 radical (unpaired) electrons. The van der Waals surface area contributed by atoms with Crippen molar-refractivity contribution in [2.45, 2.75) is 38.1 Å². The molecule has 14 heavy (non-hydrogen) atoms. The maximum absolute atomic E-state index is 3.54. The molecule has 0 aromatic carbocycles. The van der Waals surface area contributed by atoms with Gasteiger partial charge in [0.05, 0.1) is 0 Å². The van der Waals surface area contributed by atoms with Gasteiger partial charge in [-0.15, -0.1) is 0 Å². The van der Waals surface area contributed by atoms with Crippen molar-refractivity contribution in [1.82, 2.24) is 10.2 Å². The number of rotatable bonds is 0. The van der Waals surface area contributed by atoms with Crippen LogP contribution in [0.15, 0.2) is 0 Å². The summed E-state index contributed by atoms with van der Waals surface area (Å²) in [6.45, 7) is 5.18. The molecule has 1 N–H and O–H groups in total. The molecule has 2 aliphatic heterocycles. The largest absolute Gasteiger partial charge is 0.314 e. The van der Waals surface area contributed by atoms with Crippen molar-refractivity contribution in [3.8, 4) is 0 Å². The van der Waals surface area contributed by atoms with Crippen molar-refractivity contribution < 1.29 is 0 Å². The Hall–Kier alpha value is -0.0800. The van der Waals surface area contributed by atoms with E-state index >= 15 is 0 Å². The highest BCUT2D eigenvalue weighted by molar-refractivity contribution is 4.92. The minimum atomic E-state index is 0.878. The van der Waals surface area contributed by atoms with Crippen molar-refractivity contribution in [2.75, 3.05) is 26.2 Å². The SMILES string of the molecule is C1CC[C@H]2C[C@H]3CNCCN3C[C@H]2C1. The molecular formula is C12H22N2. The fourth-order valence-electron chi connectivity index (χ4n) is 3.76. The zero-order valence-electron chi connectivity index (χ0n) is 9.04. The quantitative estimate of drug-likeness (QED) is 0.628. The molecule has 2 heteroatoms. The van der Waals surface area contributed by atoms with Crippen LogP contribution >= 0.6 is 0 Å². The lowest BCUT2D eigenvalue weighted by Crippen LogP contribution is -2.57. The van der Waals surface area contributed by atoms with E-state index in [4.69, 9.17) is 0 Å². The third kappa shape index (κ3) is 1.59. The van der Waals surface area contributed by atoms with Crippen LogP contribution in [0.4, 0.5) is 0 Å². The molecular weight excluding hydrogens is 172 g/mol. The summed E-state index contributed by atoms with van der Waals surface area (Å²) in [6, 6.07) is 0.878. The first kappa shape index (κ1) is 9.17. The van der Waals surface area contributed by atoms with Gasteiger partial charge in [0.2, 0.25) is 0 Å². The smallest absolute Gasteiger partial charge is 0.0224 e. The number of piperidine rings is 1. The molecule has 0 aromatic rings. The Kier molecular flexibility index (Phi) is 2.50. The molecule has 3 fully saturated rings. The third-order valence-corrected chi connectivity index (χ3v) is 4.58. The summed E-state index contributed by atoms with van der Waals surface area (Å²) in [4.78, 5) is 2.75. The van der Waals surface area contributed by atoms with E-state index in [-0.39, 0.29) is 0 Å². The summed E-state index contributed by atoms with van der Waals surface area (Å²) in [5.41, 5.74) is 0. The molecule has 2 saturated heterocycles. The van der Waals surface area contributed by atoms with Crippen molar-refractivity contribution >= 4 is 0 Å².